The van der Waals surface area contributed by atoms with E-state index in [0.717, 1.165) is 0 Å². The molecule has 1 aromatic rings. The number of aliphatic carboxylic acids is 1. The zero-order valence-electron chi connectivity index (χ0n) is 10.8. The minimum atomic E-state index is -1.07. The number of carbonyl (C=O) groups excluding carboxylic acids is 1. The van der Waals surface area contributed by atoms with Crippen LogP contribution in [0.15, 0.2) is 18.2 Å². The standard InChI is InChI=1S/C13H16ClNO4/c1-3-10(13(17)18)15-12(16)9-6-5-8(14)7-11(9)19-4-2/h5-7,10H,3-4H2,1-2H3,(H,15,16)(H,17,18). The van der Waals surface area contributed by atoms with Gasteiger partial charge in [-0.25, -0.2) is 4.79 Å². The first-order valence-corrected chi connectivity index (χ1v) is 6.33. The van der Waals surface area contributed by atoms with Crippen molar-refractivity contribution in [3.05, 3.63) is 28.8 Å². The van der Waals surface area contributed by atoms with Crippen LogP contribution in [0.25, 0.3) is 0 Å². The lowest BCUT2D eigenvalue weighted by Gasteiger charge is -2.14. The number of carboxylic acids is 1. The van der Waals surface area contributed by atoms with Gasteiger partial charge in [-0.2, -0.15) is 0 Å². The lowest BCUT2D eigenvalue weighted by atomic mass is 10.1. The molecule has 0 saturated carbocycles. The third kappa shape index (κ3) is 4.13. The number of nitrogens with one attached hydrogen (secondary N) is 1. The van der Waals surface area contributed by atoms with Gasteiger partial charge in [0, 0.05) is 5.02 Å². The van der Waals surface area contributed by atoms with E-state index in [1.165, 1.54) is 12.1 Å². The fourth-order valence-electron chi connectivity index (χ4n) is 1.53. The van der Waals surface area contributed by atoms with Crippen LogP contribution >= 0.6 is 11.6 Å². The van der Waals surface area contributed by atoms with Crippen molar-refractivity contribution in [3.63, 3.8) is 0 Å². The van der Waals surface area contributed by atoms with Crippen molar-refractivity contribution >= 4 is 23.5 Å². The summed E-state index contributed by atoms with van der Waals surface area (Å²) in [4.78, 5) is 22.9. The van der Waals surface area contributed by atoms with Gasteiger partial charge in [-0.1, -0.05) is 18.5 Å². The van der Waals surface area contributed by atoms with Crippen molar-refractivity contribution in [2.75, 3.05) is 6.61 Å². The fourth-order valence-corrected chi connectivity index (χ4v) is 1.70. The molecule has 0 aliphatic rings. The highest BCUT2D eigenvalue weighted by molar-refractivity contribution is 6.30. The summed E-state index contributed by atoms with van der Waals surface area (Å²) >= 11 is 5.83. The highest BCUT2D eigenvalue weighted by Crippen LogP contribution is 2.23. The number of carbonyl (C=O) groups is 2. The van der Waals surface area contributed by atoms with E-state index in [0.29, 0.717) is 23.8 Å². The van der Waals surface area contributed by atoms with E-state index in [1.54, 1.807) is 19.9 Å². The molecule has 5 nitrogen and oxygen atoms in total. The van der Waals surface area contributed by atoms with Gasteiger partial charge in [0.15, 0.2) is 0 Å². The SMILES string of the molecule is CCOc1cc(Cl)ccc1C(=O)NC(CC)C(=O)O. The normalized spacial score (nSPS) is 11.7. The first-order chi connectivity index (χ1) is 8.99. The number of benzene rings is 1. The number of amides is 1. The number of rotatable bonds is 6. The van der Waals surface area contributed by atoms with Gasteiger partial charge in [-0.05, 0) is 31.5 Å². The van der Waals surface area contributed by atoms with Crippen LogP contribution in [0, 0.1) is 0 Å². The van der Waals surface area contributed by atoms with Gasteiger partial charge in [-0.3, -0.25) is 4.79 Å². The molecule has 0 bridgehead atoms. The average Bonchev–Trinajstić information content (AvgIpc) is 2.35. The molecule has 0 heterocycles. The molecule has 0 aliphatic carbocycles. The Bertz CT molecular complexity index is 476. The van der Waals surface area contributed by atoms with Crippen molar-refractivity contribution in [1.29, 1.82) is 0 Å². The summed E-state index contributed by atoms with van der Waals surface area (Å²) in [5.41, 5.74) is 0.269. The average molecular weight is 286 g/mol. The second-order valence-electron chi connectivity index (χ2n) is 3.85. The van der Waals surface area contributed by atoms with E-state index in [4.69, 9.17) is 21.4 Å². The third-order valence-electron chi connectivity index (χ3n) is 2.50. The molecule has 0 spiro atoms. The Balaban J connectivity index is 2.95. The molecule has 0 radical (unpaired) electrons. The molecular weight excluding hydrogens is 270 g/mol. The minimum Gasteiger partial charge on any atom is -0.493 e. The molecule has 1 rings (SSSR count). The largest absolute Gasteiger partial charge is 0.493 e. The molecule has 0 fully saturated rings. The second-order valence-corrected chi connectivity index (χ2v) is 4.28. The van der Waals surface area contributed by atoms with E-state index in [2.05, 4.69) is 5.32 Å². The molecule has 2 N–H and O–H groups in total. The molecule has 19 heavy (non-hydrogen) atoms. The first-order valence-electron chi connectivity index (χ1n) is 5.95. The molecule has 104 valence electrons. The van der Waals surface area contributed by atoms with Crippen molar-refractivity contribution in [3.8, 4) is 5.75 Å². The predicted molar refractivity (Wildman–Crippen MR) is 71.8 cm³/mol. The molecule has 1 unspecified atom stereocenters. The topological polar surface area (TPSA) is 75.6 Å². The molecule has 1 amide bonds. The lowest BCUT2D eigenvalue weighted by molar-refractivity contribution is -0.139. The van der Waals surface area contributed by atoms with E-state index in [-0.39, 0.29) is 5.56 Å². The Hall–Kier alpha value is -1.75. The van der Waals surface area contributed by atoms with Gasteiger partial charge in [0.25, 0.3) is 5.91 Å². The summed E-state index contributed by atoms with van der Waals surface area (Å²) in [7, 11) is 0. The summed E-state index contributed by atoms with van der Waals surface area (Å²) in [5.74, 6) is -1.22. The van der Waals surface area contributed by atoms with Crippen LogP contribution in [-0.4, -0.2) is 29.6 Å². The quantitative estimate of drug-likeness (QED) is 0.841. The van der Waals surface area contributed by atoms with E-state index >= 15 is 0 Å². The van der Waals surface area contributed by atoms with E-state index < -0.39 is 17.9 Å². The van der Waals surface area contributed by atoms with Gasteiger partial charge >= 0.3 is 5.97 Å². The van der Waals surface area contributed by atoms with Crippen LogP contribution in [0.3, 0.4) is 0 Å². The van der Waals surface area contributed by atoms with Crippen LogP contribution in [0.1, 0.15) is 30.6 Å². The van der Waals surface area contributed by atoms with Gasteiger partial charge < -0.3 is 15.2 Å². The van der Waals surface area contributed by atoms with Crippen LogP contribution in [0.2, 0.25) is 5.02 Å². The van der Waals surface area contributed by atoms with Crippen LogP contribution in [0.5, 0.6) is 5.75 Å². The van der Waals surface area contributed by atoms with Gasteiger partial charge in [-0.15, -0.1) is 0 Å². The molecule has 6 heteroatoms. The zero-order chi connectivity index (χ0) is 14.4. The molecule has 0 aromatic heterocycles. The summed E-state index contributed by atoms with van der Waals surface area (Å²) in [6, 6.07) is 3.68. The van der Waals surface area contributed by atoms with Crippen LogP contribution in [-0.2, 0) is 4.79 Å². The molecular formula is C13H16ClNO4. The van der Waals surface area contributed by atoms with E-state index in [1.807, 2.05) is 0 Å². The summed E-state index contributed by atoms with van der Waals surface area (Å²) in [6.45, 7) is 3.86. The fraction of sp³-hybridized carbons (Fsp3) is 0.385. The van der Waals surface area contributed by atoms with Crippen LogP contribution in [0.4, 0.5) is 0 Å². The van der Waals surface area contributed by atoms with Crippen molar-refractivity contribution in [1.82, 2.24) is 5.32 Å². The smallest absolute Gasteiger partial charge is 0.326 e. The predicted octanol–water partition coefficient (Wildman–Crippen LogP) is 2.33. The van der Waals surface area contributed by atoms with Gasteiger partial charge in [0.05, 0.1) is 12.2 Å². The Morgan fingerprint density at radius 3 is 2.63 bits per heavy atom. The van der Waals surface area contributed by atoms with Gasteiger partial charge in [0.2, 0.25) is 0 Å². The Morgan fingerprint density at radius 1 is 1.42 bits per heavy atom. The summed E-state index contributed by atoms with van der Waals surface area (Å²) in [5, 5.41) is 11.8. The Kier molecular flexibility index (Phi) is 5.63. The molecule has 0 aliphatic heterocycles. The number of ether oxygens (including phenoxy) is 1. The summed E-state index contributed by atoms with van der Waals surface area (Å²) in [6.07, 6.45) is 0.304. The second kappa shape index (κ2) is 6.99. The zero-order valence-corrected chi connectivity index (χ0v) is 11.5. The third-order valence-corrected chi connectivity index (χ3v) is 2.73. The van der Waals surface area contributed by atoms with E-state index in [9.17, 15) is 9.59 Å². The van der Waals surface area contributed by atoms with Crippen molar-refractivity contribution in [2.45, 2.75) is 26.3 Å². The highest BCUT2D eigenvalue weighted by atomic mass is 35.5. The molecule has 1 aromatic carbocycles. The number of carboxylic acid groups (broad SMARTS) is 1. The maximum atomic E-state index is 12.0. The van der Waals surface area contributed by atoms with Crippen molar-refractivity contribution in [2.24, 2.45) is 0 Å². The lowest BCUT2D eigenvalue weighted by Crippen LogP contribution is -2.40. The summed E-state index contributed by atoms with van der Waals surface area (Å²) < 4.78 is 5.32. The molecule has 0 saturated heterocycles. The maximum Gasteiger partial charge on any atom is 0.326 e. The maximum absolute atomic E-state index is 12.0. The van der Waals surface area contributed by atoms with Gasteiger partial charge in [0.1, 0.15) is 11.8 Å². The first kappa shape index (κ1) is 15.3. The van der Waals surface area contributed by atoms with Crippen molar-refractivity contribution < 1.29 is 19.4 Å². The number of halogens is 1. The molecule has 1 atom stereocenters. The highest BCUT2D eigenvalue weighted by Gasteiger charge is 2.20. The Labute approximate surface area is 116 Å². The number of hydrogen-bond donors (Lipinski definition) is 2. The Morgan fingerprint density at radius 2 is 2.11 bits per heavy atom. The monoisotopic (exact) mass is 285 g/mol. The van der Waals surface area contributed by atoms with Crippen LogP contribution < -0.4 is 10.1 Å². The number of hydrogen-bond acceptors (Lipinski definition) is 3. The minimum absolute atomic E-state index is 0.269.